The fraction of sp³-hybridized carbons (Fsp3) is 0.562. The van der Waals surface area contributed by atoms with Gasteiger partial charge in [-0.15, -0.1) is 0 Å². The highest BCUT2D eigenvalue weighted by Gasteiger charge is 2.56. The Balaban J connectivity index is 1.84. The molecule has 1 fully saturated rings. The van der Waals surface area contributed by atoms with Gasteiger partial charge in [0.25, 0.3) is 0 Å². The van der Waals surface area contributed by atoms with Crippen molar-refractivity contribution in [1.82, 2.24) is 14.6 Å². The minimum atomic E-state index is -4.64. The highest BCUT2D eigenvalue weighted by molar-refractivity contribution is 7.47. The van der Waals surface area contributed by atoms with Gasteiger partial charge < -0.3 is 35.8 Å². The Morgan fingerprint density at radius 3 is 2.87 bits per heavy atom. The van der Waals surface area contributed by atoms with Crippen LogP contribution in [0, 0.1) is 0 Å². The van der Waals surface area contributed by atoms with Crippen LogP contribution in [0.3, 0.4) is 0 Å². The summed E-state index contributed by atoms with van der Waals surface area (Å²) in [5.74, 6) is 0.182. The molecule has 3 heterocycles. The second kappa shape index (κ2) is 9.24. The molecule has 6 atom stereocenters. The predicted molar refractivity (Wildman–Crippen MR) is 105 cm³/mol. The summed E-state index contributed by atoms with van der Waals surface area (Å²) >= 11 is 0. The average Bonchev–Trinajstić information content (AvgIpc) is 3.28. The number of hydrogen-bond acceptors (Lipinski definition) is 12. The summed E-state index contributed by atoms with van der Waals surface area (Å²) < 4.78 is 28.6. The summed E-state index contributed by atoms with van der Waals surface area (Å²) in [5.41, 5.74) is 4.88. The van der Waals surface area contributed by atoms with Crippen molar-refractivity contribution in [3.8, 4) is 0 Å². The molecule has 0 spiro atoms. The number of phosphoric ester groups is 1. The Morgan fingerprint density at radius 2 is 2.19 bits per heavy atom. The Bertz CT molecular complexity index is 988. The van der Waals surface area contributed by atoms with Gasteiger partial charge in [0.1, 0.15) is 36.3 Å². The number of aliphatic hydroxyl groups excluding tert-OH is 4. The molecule has 2 aromatic heterocycles. The van der Waals surface area contributed by atoms with E-state index in [-0.39, 0.29) is 11.5 Å². The number of fused-ring (bicyclic) bond motifs is 1. The number of anilines is 1. The summed E-state index contributed by atoms with van der Waals surface area (Å²) in [4.78, 5) is 17.5. The molecular weight excluding hydrogens is 437 g/mol. The average molecular weight is 461 g/mol. The number of aliphatic hydroxyl groups is 4. The third-order valence-electron chi connectivity index (χ3n) is 4.74. The van der Waals surface area contributed by atoms with Crippen molar-refractivity contribution in [3.05, 3.63) is 24.2 Å². The van der Waals surface area contributed by atoms with E-state index in [4.69, 9.17) is 20.1 Å². The third kappa shape index (κ3) is 4.62. The van der Waals surface area contributed by atoms with Crippen molar-refractivity contribution in [2.24, 2.45) is 4.99 Å². The van der Waals surface area contributed by atoms with E-state index >= 15 is 0 Å². The molecule has 0 aromatic carbocycles. The van der Waals surface area contributed by atoms with Crippen LogP contribution in [0.15, 0.2) is 23.5 Å². The van der Waals surface area contributed by atoms with E-state index in [0.29, 0.717) is 5.52 Å². The summed E-state index contributed by atoms with van der Waals surface area (Å²) in [7, 11) is -3.20. The van der Waals surface area contributed by atoms with Crippen molar-refractivity contribution in [3.63, 3.8) is 0 Å². The van der Waals surface area contributed by atoms with Crippen LogP contribution < -0.4 is 5.73 Å². The molecule has 7 N–H and O–H groups in total. The lowest BCUT2D eigenvalue weighted by molar-refractivity contribution is -0.0550. The van der Waals surface area contributed by atoms with Gasteiger partial charge in [-0.1, -0.05) is 0 Å². The molecule has 172 valence electrons. The van der Waals surface area contributed by atoms with E-state index in [1.54, 1.807) is 12.1 Å². The molecule has 0 amide bonds. The highest BCUT2D eigenvalue weighted by Crippen LogP contribution is 2.46. The van der Waals surface area contributed by atoms with Crippen LogP contribution in [0.4, 0.5) is 5.82 Å². The number of rotatable bonds is 9. The van der Waals surface area contributed by atoms with Crippen LogP contribution in [0.5, 0.6) is 0 Å². The van der Waals surface area contributed by atoms with Crippen molar-refractivity contribution in [1.29, 1.82) is 0 Å². The molecule has 2 aromatic rings. The maximum absolute atomic E-state index is 12.0. The first-order valence-electron chi connectivity index (χ1n) is 9.12. The molecule has 0 saturated carbocycles. The SMILES string of the molecule is C/N=C\[C@@]1(c2ccc3c(N)ncnn23)O[C@H](COP(=O)(O)OC[C@H](O)CO)C(O)C1O. The Morgan fingerprint density at radius 1 is 1.45 bits per heavy atom. The second-order valence-corrected chi connectivity index (χ2v) is 8.28. The topological polar surface area (TPSA) is 214 Å². The van der Waals surface area contributed by atoms with Gasteiger partial charge in [-0.05, 0) is 12.1 Å². The number of phosphoric acid groups is 1. The molecule has 3 rings (SSSR count). The first kappa shape index (κ1) is 23.7. The molecule has 14 nitrogen and oxygen atoms in total. The summed E-state index contributed by atoms with van der Waals surface area (Å²) in [6.45, 7) is -1.96. The number of aromatic nitrogens is 3. The van der Waals surface area contributed by atoms with E-state index < -0.39 is 57.7 Å². The molecule has 1 aliphatic rings. The maximum Gasteiger partial charge on any atom is 0.472 e. The van der Waals surface area contributed by atoms with Crippen LogP contribution in [0.2, 0.25) is 0 Å². The highest BCUT2D eigenvalue weighted by atomic mass is 31.2. The number of ether oxygens (including phenoxy) is 1. The van der Waals surface area contributed by atoms with Crippen LogP contribution >= 0.6 is 7.82 Å². The zero-order chi connectivity index (χ0) is 22.8. The molecule has 1 saturated heterocycles. The largest absolute Gasteiger partial charge is 0.472 e. The first-order chi connectivity index (χ1) is 14.6. The predicted octanol–water partition coefficient (Wildman–Crippen LogP) is -2.19. The fourth-order valence-corrected chi connectivity index (χ4v) is 4.01. The molecule has 15 heteroatoms. The zero-order valence-electron chi connectivity index (χ0n) is 16.4. The fourth-order valence-electron chi connectivity index (χ4n) is 3.24. The number of nitrogens with two attached hydrogens (primary N) is 1. The minimum absolute atomic E-state index is 0.182. The van der Waals surface area contributed by atoms with E-state index in [0.717, 1.165) is 0 Å². The van der Waals surface area contributed by atoms with Gasteiger partial charge in [0.05, 0.1) is 25.5 Å². The minimum Gasteiger partial charge on any atom is -0.394 e. The lowest BCUT2D eigenvalue weighted by atomic mass is 9.92. The number of nitrogens with zero attached hydrogens (tertiary/aromatic N) is 4. The zero-order valence-corrected chi connectivity index (χ0v) is 17.3. The molecule has 31 heavy (non-hydrogen) atoms. The number of hydrogen-bond donors (Lipinski definition) is 6. The van der Waals surface area contributed by atoms with Gasteiger partial charge in [-0.3, -0.25) is 14.0 Å². The van der Waals surface area contributed by atoms with Crippen LogP contribution in [-0.4, -0.2) is 97.4 Å². The van der Waals surface area contributed by atoms with Crippen LogP contribution in [0.1, 0.15) is 5.69 Å². The Labute approximate surface area is 176 Å². The van der Waals surface area contributed by atoms with Crippen molar-refractivity contribution >= 4 is 25.4 Å². The monoisotopic (exact) mass is 461 g/mol. The number of nitrogen functional groups attached to an aromatic ring is 1. The summed E-state index contributed by atoms with van der Waals surface area (Å²) in [6.07, 6.45) is -3.23. The van der Waals surface area contributed by atoms with Gasteiger partial charge in [-0.2, -0.15) is 5.10 Å². The molecule has 1 aliphatic heterocycles. The first-order valence-corrected chi connectivity index (χ1v) is 10.6. The van der Waals surface area contributed by atoms with Crippen molar-refractivity contribution in [2.45, 2.75) is 30.0 Å². The third-order valence-corrected chi connectivity index (χ3v) is 5.69. The molecule has 0 bridgehead atoms. The smallest absolute Gasteiger partial charge is 0.394 e. The summed E-state index contributed by atoms with van der Waals surface area (Å²) in [6, 6.07) is 3.17. The van der Waals surface area contributed by atoms with Gasteiger partial charge in [0, 0.05) is 13.3 Å². The summed E-state index contributed by atoms with van der Waals surface area (Å²) in [5, 5.41) is 43.4. The lowest BCUT2D eigenvalue weighted by Gasteiger charge is -2.27. The molecule has 0 aliphatic carbocycles. The van der Waals surface area contributed by atoms with E-state index in [1.807, 2.05) is 0 Å². The van der Waals surface area contributed by atoms with Gasteiger partial charge >= 0.3 is 7.82 Å². The molecule has 0 radical (unpaired) electrons. The van der Waals surface area contributed by atoms with Crippen molar-refractivity contribution in [2.75, 3.05) is 32.6 Å². The normalized spacial score (nSPS) is 29.5. The standard InChI is InChI=1S/C16H24N5O9P/c1-18-7-16(12-3-2-10-15(17)19-8-20-21(10)12)14(25)13(24)11(30-16)6-29-31(26,27)28-5-9(23)4-22/h2-3,7-9,11,13-14,22-25H,4-6H2,1H3,(H,26,27)(H2,17,19,20)/b18-7-/t9-,11-,13?,14?,16+/m1/s1. The van der Waals surface area contributed by atoms with Crippen molar-refractivity contribution < 1.29 is 43.7 Å². The Kier molecular flexibility index (Phi) is 7.05. The Hall–Kier alpha value is -2.00. The molecular formula is C16H24N5O9P. The van der Waals surface area contributed by atoms with Gasteiger partial charge in [0.2, 0.25) is 0 Å². The lowest BCUT2D eigenvalue weighted by Crippen LogP contribution is -2.43. The van der Waals surface area contributed by atoms with Gasteiger partial charge in [0.15, 0.2) is 11.4 Å². The second-order valence-electron chi connectivity index (χ2n) is 6.83. The van der Waals surface area contributed by atoms with Crippen LogP contribution in [-0.2, 0) is 24.0 Å². The number of aliphatic imine (C=N–C) groups is 1. The molecule has 3 unspecified atom stereocenters. The van der Waals surface area contributed by atoms with Crippen LogP contribution in [0.25, 0.3) is 5.52 Å². The van der Waals surface area contributed by atoms with Gasteiger partial charge in [-0.25, -0.2) is 14.1 Å². The quantitative estimate of drug-likeness (QED) is 0.174. The van der Waals surface area contributed by atoms with E-state index in [9.17, 15) is 24.8 Å². The maximum atomic E-state index is 12.0. The van der Waals surface area contributed by atoms with E-state index in [2.05, 4.69) is 19.6 Å². The van der Waals surface area contributed by atoms with E-state index in [1.165, 1.54) is 24.1 Å².